The Bertz CT molecular complexity index is 461. The minimum Gasteiger partial charge on any atom is -0.386 e. The Labute approximate surface area is 124 Å². The van der Waals surface area contributed by atoms with E-state index in [1.165, 1.54) is 6.07 Å². The lowest BCUT2D eigenvalue weighted by Gasteiger charge is -2.28. The smallest absolute Gasteiger partial charge is 0.129 e. The molecular formula is C15H21ClFNO2. The fourth-order valence-electron chi connectivity index (χ4n) is 2.49. The lowest BCUT2D eigenvalue weighted by Crippen LogP contribution is -2.43. The fraction of sp³-hybridized carbons (Fsp3) is 0.600. The van der Waals surface area contributed by atoms with Crippen LogP contribution < -0.4 is 5.32 Å². The fourth-order valence-corrected chi connectivity index (χ4v) is 2.65. The lowest BCUT2D eigenvalue weighted by atomic mass is 9.94. The van der Waals surface area contributed by atoms with Gasteiger partial charge in [-0.05, 0) is 18.1 Å². The Balaban J connectivity index is 2.10. The van der Waals surface area contributed by atoms with Gasteiger partial charge < -0.3 is 15.2 Å². The summed E-state index contributed by atoms with van der Waals surface area (Å²) in [5.41, 5.74) is -0.275. The molecular weight excluding hydrogens is 281 g/mol. The highest BCUT2D eigenvalue weighted by Gasteiger charge is 2.33. The number of ether oxygens (including phenoxy) is 1. The van der Waals surface area contributed by atoms with Gasteiger partial charge in [0.25, 0.3) is 0 Å². The molecule has 2 rings (SSSR count). The van der Waals surface area contributed by atoms with Gasteiger partial charge >= 0.3 is 0 Å². The van der Waals surface area contributed by atoms with Gasteiger partial charge in [0.05, 0.1) is 6.61 Å². The molecule has 1 saturated heterocycles. The molecule has 0 spiro atoms. The molecule has 20 heavy (non-hydrogen) atoms. The van der Waals surface area contributed by atoms with Crippen molar-refractivity contribution >= 4 is 11.6 Å². The molecule has 0 saturated carbocycles. The SMILES string of the molecule is CC(C)C(NCC1(O)CCOC1)c1ccc(Cl)cc1F. The Kier molecular flexibility index (Phi) is 5.02. The van der Waals surface area contributed by atoms with Crippen molar-refractivity contribution in [3.05, 3.63) is 34.6 Å². The average molecular weight is 302 g/mol. The number of halogens is 2. The van der Waals surface area contributed by atoms with Crippen LogP contribution in [0.25, 0.3) is 0 Å². The zero-order valence-corrected chi connectivity index (χ0v) is 12.6. The highest BCUT2D eigenvalue weighted by Crippen LogP contribution is 2.27. The van der Waals surface area contributed by atoms with E-state index in [4.69, 9.17) is 16.3 Å². The first-order valence-electron chi connectivity index (χ1n) is 6.90. The highest BCUT2D eigenvalue weighted by molar-refractivity contribution is 6.30. The highest BCUT2D eigenvalue weighted by atomic mass is 35.5. The Morgan fingerprint density at radius 2 is 2.25 bits per heavy atom. The quantitative estimate of drug-likeness (QED) is 0.878. The number of benzene rings is 1. The minimum absolute atomic E-state index is 0.170. The van der Waals surface area contributed by atoms with Crippen molar-refractivity contribution in [2.24, 2.45) is 5.92 Å². The maximum atomic E-state index is 14.0. The van der Waals surface area contributed by atoms with Crippen LogP contribution in [-0.4, -0.2) is 30.5 Å². The van der Waals surface area contributed by atoms with Crippen LogP contribution in [0.3, 0.4) is 0 Å². The number of hydrogen-bond donors (Lipinski definition) is 2. The summed E-state index contributed by atoms with van der Waals surface area (Å²) >= 11 is 5.79. The van der Waals surface area contributed by atoms with Crippen molar-refractivity contribution in [3.63, 3.8) is 0 Å². The number of hydrogen-bond acceptors (Lipinski definition) is 3. The van der Waals surface area contributed by atoms with Crippen molar-refractivity contribution in [2.75, 3.05) is 19.8 Å². The van der Waals surface area contributed by atoms with E-state index in [0.717, 1.165) is 0 Å². The van der Waals surface area contributed by atoms with Crippen LogP contribution in [0.2, 0.25) is 5.02 Å². The predicted octanol–water partition coefficient (Wildman–Crippen LogP) is 2.92. The molecule has 0 aliphatic carbocycles. The monoisotopic (exact) mass is 301 g/mol. The van der Waals surface area contributed by atoms with Crippen LogP contribution in [0.1, 0.15) is 31.9 Å². The summed E-state index contributed by atoms with van der Waals surface area (Å²) in [7, 11) is 0. The van der Waals surface area contributed by atoms with Crippen LogP contribution in [0.4, 0.5) is 4.39 Å². The van der Waals surface area contributed by atoms with Gasteiger partial charge in [-0.2, -0.15) is 0 Å². The molecule has 1 fully saturated rings. The second kappa shape index (κ2) is 6.39. The largest absolute Gasteiger partial charge is 0.386 e. The topological polar surface area (TPSA) is 41.5 Å². The molecule has 3 nitrogen and oxygen atoms in total. The summed E-state index contributed by atoms with van der Waals surface area (Å²) < 4.78 is 19.3. The summed E-state index contributed by atoms with van der Waals surface area (Å²) in [5.74, 6) is -0.130. The molecule has 2 atom stereocenters. The zero-order chi connectivity index (χ0) is 14.8. The van der Waals surface area contributed by atoms with E-state index in [1.807, 2.05) is 13.8 Å². The molecule has 1 aliphatic heterocycles. The number of aliphatic hydroxyl groups is 1. The third-order valence-corrected chi connectivity index (χ3v) is 3.93. The molecule has 1 heterocycles. The molecule has 1 aliphatic rings. The molecule has 0 aromatic heterocycles. The summed E-state index contributed by atoms with van der Waals surface area (Å²) in [6.07, 6.45) is 0.605. The van der Waals surface area contributed by atoms with Crippen molar-refractivity contribution in [1.82, 2.24) is 5.32 Å². The second-order valence-corrected chi connectivity index (χ2v) is 6.23. The normalized spacial score (nSPS) is 24.3. The van der Waals surface area contributed by atoms with Crippen molar-refractivity contribution in [1.29, 1.82) is 0 Å². The second-order valence-electron chi connectivity index (χ2n) is 5.80. The summed E-state index contributed by atoms with van der Waals surface area (Å²) in [6.45, 7) is 5.31. The van der Waals surface area contributed by atoms with Gasteiger partial charge in [0, 0.05) is 36.2 Å². The van der Waals surface area contributed by atoms with E-state index in [1.54, 1.807) is 12.1 Å². The third-order valence-electron chi connectivity index (χ3n) is 3.70. The van der Waals surface area contributed by atoms with Gasteiger partial charge in [0.15, 0.2) is 0 Å². The first-order chi connectivity index (χ1) is 9.41. The van der Waals surface area contributed by atoms with Crippen LogP contribution >= 0.6 is 11.6 Å². The average Bonchev–Trinajstić information content (AvgIpc) is 2.79. The molecule has 1 aromatic rings. The van der Waals surface area contributed by atoms with E-state index >= 15 is 0 Å². The van der Waals surface area contributed by atoms with E-state index in [-0.39, 0.29) is 17.8 Å². The van der Waals surface area contributed by atoms with Gasteiger partial charge in [0.2, 0.25) is 0 Å². The first-order valence-corrected chi connectivity index (χ1v) is 7.27. The van der Waals surface area contributed by atoms with Crippen LogP contribution in [0.15, 0.2) is 18.2 Å². The van der Waals surface area contributed by atoms with E-state index in [2.05, 4.69) is 5.32 Å². The third kappa shape index (κ3) is 3.70. The Hall–Kier alpha value is -0.680. The summed E-state index contributed by atoms with van der Waals surface area (Å²) in [4.78, 5) is 0. The molecule has 2 N–H and O–H groups in total. The number of rotatable bonds is 5. The Morgan fingerprint density at radius 1 is 1.50 bits per heavy atom. The van der Waals surface area contributed by atoms with Crippen molar-refractivity contribution in [3.8, 4) is 0 Å². The molecule has 2 unspecified atom stereocenters. The van der Waals surface area contributed by atoms with Crippen molar-refractivity contribution < 1.29 is 14.2 Å². The number of nitrogens with one attached hydrogen (secondary N) is 1. The molecule has 112 valence electrons. The van der Waals surface area contributed by atoms with Gasteiger partial charge in [-0.3, -0.25) is 0 Å². The maximum Gasteiger partial charge on any atom is 0.129 e. The standard InChI is InChI=1S/C15H21ClFNO2/c1-10(2)14(12-4-3-11(16)7-13(12)17)18-8-15(19)5-6-20-9-15/h3-4,7,10,14,18-19H,5-6,8-9H2,1-2H3. The molecule has 1 aromatic carbocycles. The van der Waals surface area contributed by atoms with Crippen molar-refractivity contribution in [2.45, 2.75) is 31.9 Å². The van der Waals surface area contributed by atoms with E-state index in [9.17, 15) is 9.50 Å². The summed E-state index contributed by atoms with van der Waals surface area (Å²) in [6, 6.07) is 4.54. The summed E-state index contributed by atoms with van der Waals surface area (Å²) in [5, 5.41) is 13.9. The maximum absolute atomic E-state index is 14.0. The molecule has 0 amide bonds. The lowest BCUT2D eigenvalue weighted by molar-refractivity contribution is 0.0233. The predicted molar refractivity (Wildman–Crippen MR) is 77.4 cm³/mol. The van der Waals surface area contributed by atoms with Gasteiger partial charge in [-0.25, -0.2) is 4.39 Å². The zero-order valence-electron chi connectivity index (χ0n) is 11.8. The van der Waals surface area contributed by atoms with Crippen LogP contribution in [0.5, 0.6) is 0 Å². The van der Waals surface area contributed by atoms with Gasteiger partial charge in [-0.15, -0.1) is 0 Å². The van der Waals surface area contributed by atoms with E-state index in [0.29, 0.717) is 36.8 Å². The van der Waals surface area contributed by atoms with Gasteiger partial charge in [-0.1, -0.05) is 31.5 Å². The first kappa shape index (κ1) is 15.7. The van der Waals surface area contributed by atoms with E-state index < -0.39 is 5.60 Å². The molecule has 0 bridgehead atoms. The Morgan fingerprint density at radius 3 is 2.80 bits per heavy atom. The molecule has 0 radical (unpaired) electrons. The van der Waals surface area contributed by atoms with Crippen LogP contribution in [0, 0.1) is 11.7 Å². The minimum atomic E-state index is -0.851. The van der Waals surface area contributed by atoms with Gasteiger partial charge in [0.1, 0.15) is 11.4 Å². The van der Waals surface area contributed by atoms with Crippen LogP contribution in [-0.2, 0) is 4.74 Å². The molecule has 5 heteroatoms.